The second-order valence-electron chi connectivity index (χ2n) is 7.27. The number of rotatable bonds is 5. The van der Waals surface area contributed by atoms with Gasteiger partial charge in [0.05, 0.1) is 17.5 Å². The lowest BCUT2D eigenvalue weighted by atomic mass is 9.84. The monoisotopic (exact) mass is 427 g/mol. The molecule has 0 aliphatic rings. The van der Waals surface area contributed by atoms with Gasteiger partial charge in [0.25, 0.3) is 5.56 Å². The van der Waals surface area contributed by atoms with Gasteiger partial charge in [-0.15, -0.1) is 0 Å². The Morgan fingerprint density at radius 2 is 1.74 bits per heavy atom. The molecule has 0 saturated carbocycles. The summed E-state index contributed by atoms with van der Waals surface area (Å²) in [6, 6.07) is 15.4. The molecular formula is C21H22BrN3O2. The molecule has 5 nitrogen and oxygen atoms in total. The maximum absolute atomic E-state index is 12.5. The minimum atomic E-state index is -0.199. The average Bonchev–Trinajstić information content (AvgIpc) is 2.65. The third kappa shape index (κ3) is 4.27. The highest BCUT2D eigenvalue weighted by Crippen LogP contribution is 2.24. The summed E-state index contributed by atoms with van der Waals surface area (Å²) >= 11 is 3.44. The fourth-order valence-electron chi connectivity index (χ4n) is 3.04. The first-order valence-electron chi connectivity index (χ1n) is 8.75. The van der Waals surface area contributed by atoms with Gasteiger partial charge in [0.15, 0.2) is 0 Å². The van der Waals surface area contributed by atoms with E-state index in [9.17, 15) is 9.59 Å². The third-order valence-corrected chi connectivity index (χ3v) is 5.24. The molecule has 1 N–H and O–H groups in total. The van der Waals surface area contributed by atoms with Crippen molar-refractivity contribution >= 4 is 32.6 Å². The minimum absolute atomic E-state index is 0.114. The van der Waals surface area contributed by atoms with Crippen LogP contribution in [0.1, 0.15) is 25.1 Å². The van der Waals surface area contributed by atoms with E-state index in [4.69, 9.17) is 0 Å². The Balaban J connectivity index is 1.75. The van der Waals surface area contributed by atoms with Crippen LogP contribution in [-0.2, 0) is 23.7 Å². The van der Waals surface area contributed by atoms with Crippen LogP contribution >= 0.6 is 15.9 Å². The topological polar surface area (TPSA) is 64.0 Å². The summed E-state index contributed by atoms with van der Waals surface area (Å²) in [5.41, 5.74) is 1.39. The Morgan fingerprint density at radius 3 is 2.41 bits per heavy atom. The van der Waals surface area contributed by atoms with E-state index in [2.05, 4.69) is 52.3 Å². The van der Waals surface area contributed by atoms with E-state index >= 15 is 0 Å². The number of aryl methyl sites for hydroxylation is 1. The number of hydrogen-bond acceptors (Lipinski definition) is 3. The van der Waals surface area contributed by atoms with E-state index in [1.807, 2.05) is 30.3 Å². The number of aromatic nitrogens is 2. The molecule has 0 radical (unpaired) electrons. The highest BCUT2D eigenvalue weighted by molar-refractivity contribution is 9.10. The molecule has 0 atom stereocenters. The van der Waals surface area contributed by atoms with Crippen molar-refractivity contribution in [2.45, 2.75) is 25.7 Å². The molecule has 0 unspecified atom stereocenters. The van der Waals surface area contributed by atoms with Gasteiger partial charge in [0.1, 0.15) is 0 Å². The molecule has 0 saturated heterocycles. The van der Waals surface area contributed by atoms with Crippen LogP contribution in [0.3, 0.4) is 0 Å². The molecule has 2 aromatic carbocycles. The number of amides is 1. The molecule has 1 aromatic heterocycles. The molecule has 0 fully saturated rings. The van der Waals surface area contributed by atoms with Gasteiger partial charge in [-0.1, -0.05) is 60.1 Å². The number of nitrogens with zero attached hydrogens (tertiary/aromatic N) is 2. The summed E-state index contributed by atoms with van der Waals surface area (Å²) in [5.74, 6) is -0.114. The van der Waals surface area contributed by atoms with Crippen molar-refractivity contribution < 1.29 is 4.79 Å². The second kappa shape index (κ2) is 7.64. The molecule has 1 amide bonds. The van der Waals surface area contributed by atoms with E-state index in [1.54, 1.807) is 13.1 Å². The molecular weight excluding hydrogens is 406 g/mol. The van der Waals surface area contributed by atoms with Crippen LogP contribution < -0.4 is 10.9 Å². The molecule has 6 heteroatoms. The maximum atomic E-state index is 12.5. The first-order valence-corrected chi connectivity index (χ1v) is 9.55. The quantitative estimate of drug-likeness (QED) is 0.678. The molecule has 27 heavy (non-hydrogen) atoms. The van der Waals surface area contributed by atoms with Crippen molar-refractivity contribution in [1.29, 1.82) is 0 Å². The van der Waals surface area contributed by atoms with Crippen LogP contribution in [0.2, 0.25) is 0 Å². The SMILES string of the molecule is Cn1nc(CC(=O)NCC(C)(C)c2ccc(Br)cc2)c2ccccc2c1=O. The van der Waals surface area contributed by atoms with E-state index in [-0.39, 0.29) is 23.3 Å². The normalized spacial score (nSPS) is 11.6. The lowest BCUT2D eigenvalue weighted by molar-refractivity contribution is -0.120. The van der Waals surface area contributed by atoms with E-state index in [0.717, 1.165) is 15.4 Å². The number of carbonyl (C=O) groups is 1. The van der Waals surface area contributed by atoms with E-state index in [0.29, 0.717) is 17.6 Å². The summed E-state index contributed by atoms with van der Waals surface area (Å²) in [4.78, 5) is 24.7. The van der Waals surface area contributed by atoms with Gasteiger partial charge in [-0.2, -0.15) is 5.10 Å². The Morgan fingerprint density at radius 1 is 1.11 bits per heavy atom. The number of benzene rings is 2. The van der Waals surface area contributed by atoms with Crippen LogP contribution in [0, 0.1) is 0 Å². The Hall–Kier alpha value is -2.47. The fourth-order valence-corrected chi connectivity index (χ4v) is 3.31. The smallest absolute Gasteiger partial charge is 0.274 e. The van der Waals surface area contributed by atoms with E-state index in [1.165, 1.54) is 4.68 Å². The second-order valence-corrected chi connectivity index (χ2v) is 8.18. The lowest BCUT2D eigenvalue weighted by Crippen LogP contribution is -2.37. The summed E-state index contributed by atoms with van der Waals surface area (Å²) in [6.45, 7) is 4.70. The molecule has 140 valence electrons. The van der Waals surface area contributed by atoms with Gasteiger partial charge in [-0.3, -0.25) is 9.59 Å². The van der Waals surface area contributed by atoms with Crippen LogP contribution in [0.4, 0.5) is 0 Å². The lowest BCUT2D eigenvalue weighted by Gasteiger charge is -2.25. The van der Waals surface area contributed by atoms with Gasteiger partial charge in [0, 0.05) is 28.9 Å². The van der Waals surface area contributed by atoms with Crippen LogP contribution in [0.25, 0.3) is 10.8 Å². The summed E-state index contributed by atoms with van der Waals surface area (Å²) in [5, 5.41) is 8.60. The number of nitrogens with one attached hydrogen (secondary N) is 1. The van der Waals surface area contributed by atoms with Crippen LogP contribution in [0.15, 0.2) is 57.8 Å². The fraction of sp³-hybridized carbons (Fsp3) is 0.286. The van der Waals surface area contributed by atoms with Crippen molar-refractivity contribution in [2.75, 3.05) is 6.54 Å². The highest BCUT2D eigenvalue weighted by Gasteiger charge is 2.22. The highest BCUT2D eigenvalue weighted by atomic mass is 79.9. The van der Waals surface area contributed by atoms with Gasteiger partial charge in [-0.05, 0) is 23.8 Å². The summed E-state index contributed by atoms with van der Waals surface area (Å²) in [6.07, 6.45) is 0.130. The average molecular weight is 428 g/mol. The summed E-state index contributed by atoms with van der Waals surface area (Å²) in [7, 11) is 1.60. The maximum Gasteiger partial charge on any atom is 0.274 e. The first kappa shape index (κ1) is 19.3. The minimum Gasteiger partial charge on any atom is -0.355 e. The van der Waals surface area contributed by atoms with E-state index < -0.39 is 0 Å². The zero-order valence-electron chi connectivity index (χ0n) is 15.6. The molecule has 0 aliphatic carbocycles. The summed E-state index contributed by atoms with van der Waals surface area (Å²) < 4.78 is 2.32. The molecule has 1 heterocycles. The molecule has 3 rings (SSSR count). The van der Waals surface area contributed by atoms with Crippen molar-refractivity contribution in [2.24, 2.45) is 7.05 Å². The van der Waals surface area contributed by atoms with Crippen molar-refractivity contribution in [3.8, 4) is 0 Å². The number of carbonyl (C=O) groups excluding carboxylic acids is 1. The predicted molar refractivity (Wildman–Crippen MR) is 111 cm³/mol. The van der Waals surface area contributed by atoms with Crippen LogP contribution in [-0.4, -0.2) is 22.2 Å². The largest absolute Gasteiger partial charge is 0.355 e. The molecule has 0 bridgehead atoms. The van der Waals surface area contributed by atoms with Gasteiger partial charge in [-0.25, -0.2) is 4.68 Å². The standard InChI is InChI=1S/C21H22BrN3O2/c1-21(2,14-8-10-15(22)11-9-14)13-23-19(26)12-18-16-6-4-5-7-17(16)20(27)25(3)24-18/h4-11H,12-13H2,1-3H3,(H,23,26). The zero-order valence-corrected chi connectivity index (χ0v) is 17.2. The Labute approximate surface area is 166 Å². The van der Waals surface area contributed by atoms with Gasteiger partial charge >= 0.3 is 0 Å². The number of fused-ring (bicyclic) bond motifs is 1. The Kier molecular flexibility index (Phi) is 5.46. The van der Waals surface area contributed by atoms with Crippen molar-refractivity contribution in [1.82, 2.24) is 15.1 Å². The third-order valence-electron chi connectivity index (χ3n) is 4.71. The van der Waals surface area contributed by atoms with Crippen molar-refractivity contribution in [3.05, 3.63) is 74.6 Å². The molecule has 3 aromatic rings. The molecule has 0 spiro atoms. The molecule has 0 aliphatic heterocycles. The van der Waals surface area contributed by atoms with Gasteiger partial charge in [0.2, 0.25) is 5.91 Å². The van der Waals surface area contributed by atoms with Crippen LogP contribution in [0.5, 0.6) is 0 Å². The number of halogens is 1. The zero-order chi connectivity index (χ0) is 19.6. The number of hydrogen-bond donors (Lipinski definition) is 1. The van der Waals surface area contributed by atoms with Gasteiger partial charge < -0.3 is 5.32 Å². The predicted octanol–water partition coefficient (Wildman–Crippen LogP) is 3.33. The van der Waals surface area contributed by atoms with Crippen molar-refractivity contribution in [3.63, 3.8) is 0 Å². The Bertz CT molecular complexity index is 1040. The first-order chi connectivity index (χ1) is 12.8.